The van der Waals surface area contributed by atoms with Gasteiger partial charge in [0.15, 0.2) is 0 Å². The Labute approximate surface area is 126 Å². The molecular weight excluding hydrogens is 314 g/mol. The van der Waals surface area contributed by atoms with Crippen LogP contribution in [0.1, 0.15) is 10.4 Å². The van der Waals surface area contributed by atoms with Gasteiger partial charge in [-0.3, -0.25) is 9.52 Å². The van der Waals surface area contributed by atoms with Crippen LogP contribution in [-0.4, -0.2) is 20.6 Å². The third-order valence-electron chi connectivity index (χ3n) is 2.63. The highest BCUT2D eigenvalue weighted by Crippen LogP contribution is 2.20. The van der Waals surface area contributed by atoms with Gasteiger partial charge in [0, 0.05) is 11.3 Å². The normalized spacial score (nSPS) is 11.0. The molecule has 0 atom stereocenters. The topological polar surface area (TPSA) is 75.3 Å². The van der Waals surface area contributed by atoms with Crippen molar-refractivity contribution in [3.8, 4) is 0 Å². The summed E-state index contributed by atoms with van der Waals surface area (Å²) in [5.41, 5.74) is -0.338. The summed E-state index contributed by atoms with van der Waals surface area (Å²) >= 11 is 0. The first-order valence-electron chi connectivity index (χ1n) is 6.09. The minimum absolute atomic E-state index is 0.0521. The molecule has 0 radical (unpaired) electrons. The number of para-hydroxylation sites is 1. The Morgan fingerprint density at radius 3 is 2.23 bits per heavy atom. The SMILES string of the molecule is CS(=O)(=O)Nc1cccc(C(=O)Nc2c(F)cccc2F)c1. The maximum Gasteiger partial charge on any atom is 0.255 e. The van der Waals surface area contributed by atoms with Gasteiger partial charge in [0.1, 0.15) is 17.3 Å². The molecule has 22 heavy (non-hydrogen) atoms. The van der Waals surface area contributed by atoms with Crippen molar-refractivity contribution in [3.63, 3.8) is 0 Å². The van der Waals surface area contributed by atoms with E-state index in [0.717, 1.165) is 18.4 Å². The summed E-state index contributed by atoms with van der Waals surface area (Å²) in [6.45, 7) is 0. The Morgan fingerprint density at radius 1 is 1.05 bits per heavy atom. The smallest absolute Gasteiger partial charge is 0.255 e. The number of sulfonamides is 1. The first kappa shape index (κ1) is 15.9. The summed E-state index contributed by atoms with van der Waals surface area (Å²) in [6, 6.07) is 8.75. The van der Waals surface area contributed by atoms with Crippen LogP contribution in [0.25, 0.3) is 0 Å². The molecular formula is C14H12F2N2O3S. The molecule has 0 aliphatic carbocycles. The molecule has 2 aromatic carbocycles. The number of rotatable bonds is 4. The molecule has 0 saturated carbocycles. The quantitative estimate of drug-likeness (QED) is 0.907. The van der Waals surface area contributed by atoms with E-state index in [1.165, 1.54) is 30.3 Å². The second-order valence-corrected chi connectivity index (χ2v) is 6.25. The fourth-order valence-corrected chi connectivity index (χ4v) is 2.30. The van der Waals surface area contributed by atoms with E-state index >= 15 is 0 Å². The molecule has 2 rings (SSSR count). The molecule has 0 saturated heterocycles. The monoisotopic (exact) mass is 326 g/mol. The van der Waals surface area contributed by atoms with Crippen molar-refractivity contribution in [2.75, 3.05) is 16.3 Å². The van der Waals surface area contributed by atoms with Crippen molar-refractivity contribution in [2.24, 2.45) is 0 Å². The van der Waals surface area contributed by atoms with E-state index in [4.69, 9.17) is 0 Å². The Morgan fingerprint density at radius 2 is 1.64 bits per heavy atom. The minimum atomic E-state index is -3.49. The van der Waals surface area contributed by atoms with Gasteiger partial charge in [0.05, 0.1) is 6.26 Å². The molecule has 2 N–H and O–H groups in total. The molecule has 0 aliphatic heterocycles. The van der Waals surface area contributed by atoms with Crippen LogP contribution in [-0.2, 0) is 10.0 Å². The van der Waals surface area contributed by atoms with Gasteiger partial charge in [0.2, 0.25) is 10.0 Å². The predicted octanol–water partition coefficient (Wildman–Crippen LogP) is 2.59. The standard InChI is InChI=1S/C14H12F2N2O3S/c1-22(20,21)18-10-5-2-4-9(8-10)14(19)17-13-11(15)6-3-7-12(13)16/h2-8,18H,1H3,(H,17,19). The Bertz CT molecular complexity index is 802. The van der Waals surface area contributed by atoms with Crippen molar-refractivity contribution in [3.05, 3.63) is 59.7 Å². The second-order valence-electron chi connectivity index (χ2n) is 4.51. The van der Waals surface area contributed by atoms with Crippen LogP contribution >= 0.6 is 0 Å². The number of benzene rings is 2. The van der Waals surface area contributed by atoms with Gasteiger partial charge in [-0.1, -0.05) is 12.1 Å². The fraction of sp³-hybridized carbons (Fsp3) is 0.0714. The second kappa shape index (κ2) is 6.10. The van der Waals surface area contributed by atoms with Crippen molar-refractivity contribution in [2.45, 2.75) is 0 Å². The van der Waals surface area contributed by atoms with E-state index in [0.29, 0.717) is 0 Å². The van der Waals surface area contributed by atoms with Crippen LogP contribution < -0.4 is 10.0 Å². The van der Waals surface area contributed by atoms with Crippen molar-refractivity contribution < 1.29 is 22.0 Å². The Balaban J connectivity index is 2.25. The number of anilines is 2. The van der Waals surface area contributed by atoms with E-state index < -0.39 is 33.3 Å². The van der Waals surface area contributed by atoms with Crippen LogP contribution in [0.3, 0.4) is 0 Å². The molecule has 0 bridgehead atoms. The van der Waals surface area contributed by atoms with Gasteiger partial charge in [0.25, 0.3) is 5.91 Å². The van der Waals surface area contributed by atoms with Gasteiger partial charge in [-0.2, -0.15) is 0 Å². The molecule has 0 unspecified atom stereocenters. The van der Waals surface area contributed by atoms with E-state index in [1.807, 2.05) is 0 Å². The lowest BCUT2D eigenvalue weighted by Gasteiger charge is -2.09. The molecule has 2 aromatic rings. The Hall–Kier alpha value is -2.48. The Kier molecular flexibility index (Phi) is 4.41. The number of amides is 1. The molecule has 0 heterocycles. The van der Waals surface area contributed by atoms with E-state index in [2.05, 4.69) is 10.0 Å². The number of halogens is 2. The molecule has 0 aliphatic rings. The summed E-state index contributed by atoms with van der Waals surface area (Å²) in [5.74, 6) is -2.57. The van der Waals surface area contributed by atoms with Crippen molar-refractivity contribution in [1.82, 2.24) is 0 Å². The highest BCUT2D eigenvalue weighted by molar-refractivity contribution is 7.92. The molecule has 0 aromatic heterocycles. The number of hydrogen-bond acceptors (Lipinski definition) is 3. The minimum Gasteiger partial charge on any atom is -0.317 e. The number of carbonyl (C=O) groups is 1. The maximum absolute atomic E-state index is 13.5. The third kappa shape index (κ3) is 4.01. The van der Waals surface area contributed by atoms with Crippen LogP contribution in [0, 0.1) is 11.6 Å². The summed E-state index contributed by atoms with van der Waals surface area (Å²) in [4.78, 5) is 12.0. The zero-order valence-electron chi connectivity index (χ0n) is 11.4. The van der Waals surface area contributed by atoms with Crippen LogP contribution in [0.15, 0.2) is 42.5 Å². The maximum atomic E-state index is 13.5. The molecule has 0 spiro atoms. The van der Waals surface area contributed by atoms with Gasteiger partial charge < -0.3 is 5.32 Å². The van der Waals surface area contributed by atoms with Crippen LogP contribution in [0.4, 0.5) is 20.2 Å². The van der Waals surface area contributed by atoms with E-state index in [-0.39, 0.29) is 11.3 Å². The number of carbonyl (C=O) groups excluding carboxylic acids is 1. The zero-order chi connectivity index (χ0) is 16.3. The number of hydrogen-bond donors (Lipinski definition) is 2. The zero-order valence-corrected chi connectivity index (χ0v) is 12.2. The first-order valence-corrected chi connectivity index (χ1v) is 7.98. The summed E-state index contributed by atoms with van der Waals surface area (Å²) < 4.78 is 51.5. The molecule has 1 amide bonds. The molecule has 116 valence electrons. The van der Waals surface area contributed by atoms with Crippen molar-refractivity contribution in [1.29, 1.82) is 0 Å². The van der Waals surface area contributed by atoms with Gasteiger partial charge in [-0.05, 0) is 30.3 Å². The first-order chi connectivity index (χ1) is 10.3. The highest BCUT2D eigenvalue weighted by atomic mass is 32.2. The predicted molar refractivity (Wildman–Crippen MR) is 79.2 cm³/mol. The van der Waals surface area contributed by atoms with E-state index in [9.17, 15) is 22.0 Å². The molecule has 8 heteroatoms. The third-order valence-corrected chi connectivity index (χ3v) is 3.24. The van der Waals surface area contributed by atoms with Crippen LogP contribution in [0.5, 0.6) is 0 Å². The largest absolute Gasteiger partial charge is 0.317 e. The van der Waals surface area contributed by atoms with Gasteiger partial charge >= 0.3 is 0 Å². The van der Waals surface area contributed by atoms with Crippen molar-refractivity contribution >= 4 is 27.3 Å². The number of nitrogens with one attached hydrogen (secondary N) is 2. The summed E-state index contributed by atoms with van der Waals surface area (Å²) in [5, 5.41) is 2.12. The average Bonchev–Trinajstić information content (AvgIpc) is 2.41. The highest BCUT2D eigenvalue weighted by Gasteiger charge is 2.14. The molecule has 0 fully saturated rings. The fourth-order valence-electron chi connectivity index (χ4n) is 1.74. The lowest BCUT2D eigenvalue weighted by Crippen LogP contribution is -2.15. The average molecular weight is 326 g/mol. The molecule has 5 nitrogen and oxygen atoms in total. The van der Waals surface area contributed by atoms with E-state index in [1.54, 1.807) is 0 Å². The summed E-state index contributed by atoms with van der Waals surface area (Å²) in [6.07, 6.45) is 0.967. The summed E-state index contributed by atoms with van der Waals surface area (Å²) in [7, 11) is -3.49. The van der Waals surface area contributed by atoms with Gasteiger partial charge in [-0.15, -0.1) is 0 Å². The van der Waals surface area contributed by atoms with Gasteiger partial charge in [-0.25, -0.2) is 17.2 Å². The lowest BCUT2D eigenvalue weighted by molar-refractivity contribution is 0.102. The lowest BCUT2D eigenvalue weighted by atomic mass is 10.2. The van der Waals surface area contributed by atoms with Crippen LogP contribution in [0.2, 0.25) is 0 Å².